The summed E-state index contributed by atoms with van der Waals surface area (Å²) in [5.41, 5.74) is 6.23. The number of nitrogens with two attached hydrogens (primary N) is 1. The Morgan fingerprint density at radius 2 is 2.21 bits per heavy atom. The Bertz CT molecular complexity index is 523. The van der Waals surface area contributed by atoms with Gasteiger partial charge in [-0.2, -0.15) is 0 Å². The van der Waals surface area contributed by atoms with Crippen molar-refractivity contribution in [1.82, 2.24) is 0 Å². The lowest BCUT2D eigenvalue weighted by Crippen LogP contribution is -1.87. The summed E-state index contributed by atoms with van der Waals surface area (Å²) >= 11 is 4.65. The van der Waals surface area contributed by atoms with E-state index >= 15 is 0 Å². The summed E-state index contributed by atoms with van der Waals surface area (Å²) in [6.45, 7) is 0. The van der Waals surface area contributed by atoms with Gasteiger partial charge in [0.25, 0.3) is 5.69 Å². The van der Waals surface area contributed by atoms with Crippen molar-refractivity contribution in [3.05, 3.63) is 32.1 Å². The summed E-state index contributed by atoms with van der Waals surface area (Å²) in [4.78, 5) is 10.3. The van der Waals surface area contributed by atoms with Crippen LogP contribution in [0.25, 0.3) is 10.1 Å². The molecule has 0 bridgehead atoms. The summed E-state index contributed by atoms with van der Waals surface area (Å²) in [5.74, 6) is 0. The van der Waals surface area contributed by atoms with Gasteiger partial charge >= 0.3 is 0 Å². The first-order valence-electron chi connectivity index (χ1n) is 3.70. The van der Waals surface area contributed by atoms with Gasteiger partial charge in [0.15, 0.2) is 0 Å². The van der Waals surface area contributed by atoms with E-state index in [9.17, 15) is 10.1 Å². The maximum atomic E-state index is 10.7. The van der Waals surface area contributed by atoms with E-state index in [0.29, 0.717) is 11.1 Å². The topological polar surface area (TPSA) is 69.2 Å². The normalized spacial score (nSPS) is 10.6. The minimum Gasteiger partial charge on any atom is -0.399 e. The second kappa shape index (κ2) is 3.21. The molecule has 0 aliphatic heterocycles. The fraction of sp³-hybridized carbons (Fsp3) is 0. The molecule has 0 unspecified atom stereocenters. The molecule has 0 spiro atoms. The van der Waals surface area contributed by atoms with E-state index in [1.165, 1.54) is 16.7 Å². The number of rotatable bonds is 1. The van der Waals surface area contributed by atoms with E-state index in [0.717, 1.165) is 9.17 Å². The number of anilines is 1. The van der Waals surface area contributed by atoms with Crippen LogP contribution in [0.5, 0.6) is 0 Å². The van der Waals surface area contributed by atoms with Crippen LogP contribution in [0.1, 0.15) is 0 Å². The molecular weight excluding hydrogens is 268 g/mol. The zero-order valence-corrected chi connectivity index (χ0v) is 9.26. The first kappa shape index (κ1) is 9.42. The van der Waals surface area contributed by atoms with Gasteiger partial charge in [0.1, 0.15) is 0 Å². The molecule has 72 valence electrons. The average Bonchev–Trinajstić information content (AvgIpc) is 2.47. The Morgan fingerprint density at radius 3 is 2.86 bits per heavy atom. The molecule has 1 heterocycles. The van der Waals surface area contributed by atoms with E-state index in [4.69, 9.17) is 5.73 Å². The first-order chi connectivity index (χ1) is 6.59. The van der Waals surface area contributed by atoms with Crippen molar-refractivity contribution < 1.29 is 4.92 Å². The third-order valence-corrected chi connectivity index (χ3v) is 3.73. The highest BCUT2D eigenvalue weighted by Crippen LogP contribution is 2.38. The van der Waals surface area contributed by atoms with Gasteiger partial charge < -0.3 is 5.73 Å². The van der Waals surface area contributed by atoms with E-state index in [1.807, 2.05) is 0 Å². The largest absolute Gasteiger partial charge is 0.399 e. The Balaban J connectivity index is 2.85. The predicted molar refractivity (Wildman–Crippen MR) is 60.6 cm³/mol. The highest BCUT2D eigenvalue weighted by atomic mass is 79.9. The van der Waals surface area contributed by atoms with Crippen molar-refractivity contribution in [2.75, 3.05) is 5.73 Å². The first-order valence-corrected chi connectivity index (χ1v) is 5.37. The number of nitrogen functional groups attached to an aromatic ring is 1. The van der Waals surface area contributed by atoms with Crippen LogP contribution in [0.3, 0.4) is 0 Å². The maximum Gasteiger partial charge on any atom is 0.287 e. The highest BCUT2D eigenvalue weighted by molar-refractivity contribution is 9.10. The van der Waals surface area contributed by atoms with Gasteiger partial charge in [-0.15, -0.1) is 11.3 Å². The van der Waals surface area contributed by atoms with Gasteiger partial charge in [-0.1, -0.05) is 0 Å². The number of benzene rings is 1. The molecule has 2 aromatic rings. The Hall–Kier alpha value is -1.14. The summed E-state index contributed by atoms with van der Waals surface area (Å²) in [6, 6.07) is 3.36. The number of fused-ring (bicyclic) bond motifs is 1. The lowest BCUT2D eigenvalue weighted by Gasteiger charge is -1.96. The molecule has 2 N–H and O–H groups in total. The zero-order chi connectivity index (χ0) is 10.3. The number of halogens is 1. The standard InChI is InChI=1S/C8H5BrN2O2S/c9-6-2-4(10)1-5-7(11(12)13)3-14-8(5)6/h1-3H,10H2. The van der Waals surface area contributed by atoms with Crippen LogP contribution in [0.2, 0.25) is 0 Å². The molecule has 0 atom stereocenters. The number of thiophene rings is 1. The Labute approximate surface area is 91.6 Å². The van der Waals surface area contributed by atoms with Crippen molar-refractivity contribution in [2.24, 2.45) is 0 Å². The van der Waals surface area contributed by atoms with Crippen LogP contribution in [-0.2, 0) is 0 Å². The Morgan fingerprint density at radius 1 is 1.50 bits per heavy atom. The van der Waals surface area contributed by atoms with Gasteiger partial charge in [0, 0.05) is 10.2 Å². The van der Waals surface area contributed by atoms with Gasteiger partial charge in [-0.3, -0.25) is 10.1 Å². The van der Waals surface area contributed by atoms with Gasteiger partial charge in [-0.25, -0.2) is 0 Å². The van der Waals surface area contributed by atoms with Crippen molar-refractivity contribution in [1.29, 1.82) is 0 Å². The van der Waals surface area contributed by atoms with Crippen molar-refractivity contribution in [3.63, 3.8) is 0 Å². The minimum atomic E-state index is -0.398. The number of hydrogen-bond donors (Lipinski definition) is 1. The third-order valence-electron chi connectivity index (χ3n) is 1.83. The monoisotopic (exact) mass is 272 g/mol. The van der Waals surface area contributed by atoms with Crippen molar-refractivity contribution in [3.8, 4) is 0 Å². The molecule has 1 aromatic carbocycles. The van der Waals surface area contributed by atoms with Crippen LogP contribution < -0.4 is 5.73 Å². The van der Waals surface area contributed by atoms with Gasteiger partial charge in [-0.05, 0) is 28.1 Å². The fourth-order valence-electron chi connectivity index (χ4n) is 1.24. The lowest BCUT2D eigenvalue weighted by molar-refractivity contribution is -0.382. The van der Waals surface area contributed by atoms with Crippen molar-refractivity contribution in [2.45, 2.75) is 0 Å². The lowest BCUT2D eigenvalue weighted by atomic mass is 10.2. The van der Waals surface area contributed by atoms with E-state index in [1.54, 1.807) is 12.1 Å². The molecule has 6 heteroatoms. The smallest absolute Gasteiger partial charge is 0.287 e. The predicted octanol–water partition coefficient (Wildman–Crippen LogP) is 3.15. The van der Waals surface area contributed by atoms with Crippen LogP contribution in [0.15, 0.2) is 22.0 Å². The SMILES string of the molecule is Nc1cc(Br)c2scc([N+](=O)[O-])c2c1. The molecule has 4 nitrogen and oxygen atoms in total. The third kappa shape index (κ3) is 1.36. The molecule has 0 aliphatic rings. The summed E-state index contributed by atoms with van der Waals surface area (Å²) < 4.78 is 1.65. The van der Waals surface area contributed by atoms with E-state index in [2.05, 4.69) is 15.9 Å². The van der Waals surface area contributed by atoms with Crippen LogP contribution in [0.4, 0.5) is 11.4 Å². The zero-order valence-electron chi connectivity index (χ0n) is 6.86. The van der Waals surface area contributed by atoms with E-state index < -0.39 is 4.92 Å². The molecule has 1 aromatic heterocycles. The molecule has 0 radical (unpaired) electrons. The minimum absolute atomic E-state index is 0.109. The molecule has 0 fully saturated rings. The van der Waals surface area contributed by atoms with Crippen LogP contribution in [-0.4, -0.2) is 4.92 Å². The second-order valence-electron chi connectivity index (χ2n) is 2.76. The molecule has 0 saturated heterocycles. The van der Waals surface area contributed by atoms with Crippen LogP contribution >= 0.6 is 27.3 Å². The summed E-state index contributed by atoms with van der Waals surface area (Å²) in [6.07, 6.45) is 0. The van der Waals surface area contributed by atoms with Crippen LogP contribution in [0, 0.1) is 10.1 Å². The quantitative estimate of drug-likeness (QED) is 0.493. The molecule has 0 amide bonds. The second-order valence-corrected chi connectivity index (χ2v) is 4.49. The number of hydrogen-bond acceptors (Lipinski definition) is 4. The maximum absolute atomic E-state index is 10.7. The van der Waals surface area contributed by atoms with E-state index in [-0.39, 0.29) is 5.69 Å². The molecule has 14 heavy (non-hydrogen) atoms. The summed E-state index contributed by atoms with van der Waals surface area (Å²) in [5, 5.41) is 12.8. The summed E-state index contributed by atoms with van der Waals surface area (Å²) in [7, 11) is 0. The van der Waals surface area contributed by atoms with Gasteiger partial charge in [0.2, 0.25) is 0 Å². The van der Waals surface area contributed by atoms with Crippen molar-refractivity contribution >= 4 is 48.7 Å². The number of nitrogens with zero attached hydrogens (tertiary/aromatic N) is 1. The fourth-order valence-corrected chi connectivity index (χ4v) is 2.91. The highest BCUT2D eigenvalue weighted by Gasteiger charge is 2.16. The Kier molecular flexibility index (Phi) is 2.16. The average molecular weight is 273 g/mol. The van der Waals surface area contributed by atoms with Gasteiger partial charge in [0.05, 0.1) is 20.4 Å². The molecule has 0 saturated carbocycles. The number of nitro groups is 1. The molecular formula is C8H5BrN2O2S. The molecule has 2 rings (SSSR count). The molecule has 0 aliphatic carbocycles.